The first-order valence-corrected chi connectivity index (χ1v) is 12.4. The first-order chi connectivity index (χ1) is 16.9. The standard InChI is InChI=1S/C26H29ClN4O4/c1-15-9-10-20-21(30(15)26(34)35-2)11-12-22-23(20)29-25(28-18-7-4-6-17(27)14-18)31(22)19-8-3-5-16(13-19)24(32)33/h4,6-7,11-12,14-16,19H,3,5,8-10,13H2,1-2H3,(H,28,29)(H,32,33)/t15-,16+,19+/m0/s1. The van der Waals surface area contributed by atoms with Gasteiger partial charge in [0, 0.05) is 28.4 Å². The molecule has 0 bridgehead atoms. The lowest BCUT2D eigenvalue weighted by atomic mass is 9.85. The van der Waals surface area contributed by atoms with Crippen molar-refractivity contribution in [2.75, 3.05) is 17.3 Å². The van der Waals surface area contributed by atoms with Crippen molar-refractivity contribution in [3.63, 3.8) is 0 Å². The number of benzene rings is 2. The average Bonchev–Trinajstić information content (AvgIpc) is 3.21. The Morgan fingerprint density at radius 3 is 2.77 bits per heavy atom. The van der Waals surface area contributed by atoms with Gasteiger partial charge in [-0.2, -0.15) is 0 Å². The van der Waals surface area contributed by atoms with E-state index in [-0.39, 0.29) is 24.1 Å². The summed E-state index contributed by atoms with van der Waals surface area (Å²) in [5.41, 5.74) is 4.38. The van der Waals surface area contributed by atoms with E-state index in [2.05, 4.69) is 9.88 Å². The molecule has 0 spiro atoms. The van der Waals surface area contributed by atoms with Gasteiger partial charge in [0.25, 0.3) is 0 Å². The third-order valence-corrected chi connectivity index (χ3v) is 7.50. The van der Waals surface area contributed by atoms with Crippen LogP contribution in [-0.4, -0.2) is 39.9 Å². The SMILES string of the molecule is COC(=O)N1c2ccc3c(nc(Nc4cccc(Cl)c4)n3[C@@H]3CCC[C@@H](C(=O)O)C3)c2CC[C@@H]1C. The van der Waals surface area contributed by atoms with Crippen molar-refractivity contribution in [1.82, 2.24) is 9.55 Å². The van der Waals surface area contributed by atoms with Crippen LogP contribution in [0.5, 0.6) is 0 Å². The summed E-state index contributed by atoms with van der Waals surface area (Å²) >= 11 is 6.22. The van der Waals surface area contributed by atoms with Crippen molar-refractivity contribution >= 4 is 52.0 Å². The number of aliphatic carboxylic acids is 1. The summed E-state index contributed by atoms with van der Waals surface area (Å²) < 4.78 is 7.20. The van der Waals surface area contributed by atoms with E-state index in [0.29, 0.717) is 23.8 Å². The predicted molar refractivity (Wildman–Crippen MR) is 136 cm³/mol. The number of hydrogen-bond acceptors (Lipinski definition) is 5. The molecule has 1 fully saturated rings. The molecule has 1 aliphatic heterocycles. The third kappa shape index (κ3) is 4.31. The van der Waals surface area contributed by atoms with Crippen LogP contribution in [-0.2, 0) is 16.0 Å². The number of nitrogens with one attached hydrogen (secondary N) is 1. The molecule has 1 aliphatic carbocycles. The van der Waals surface area contributed by atoms with E-state index < -0.39 is 5.97 Å². The number of methoxy groups -OCH3 is 1. The summed E-state index contributed by atoms with van der Waals surface area (Å²) in [5.74, 6) is -0.475. The highest BCUT2D eigenvalue weighted by molar-refractivity contribution is 6.30. The van der Waals surface area contributed by atoms with Gasteiger partial charge in [0.15, 0.2) is 0 Å². The van der Waals surface area contributed by atoms with E-state index in [9.17, 15) is 14.7 Å². The number of carboxylic acids is 1. The molecule has 9 heteroatoms. The quantitative estimate of drug-likeness (QED) is 0.449. The van der Waals surface area contributed by atoms with Gasteiger partial charge in [0.1, 0.15) is 0 Å². The molecule has 2 N–H and O–H groups in total. The summed E-state index contributed by atoms with van der Waals surface area (Å²) in [7, 11) is 1.39. The number of ether oxygens (including phenoxy) is 1. The van der Waals surface area contributed by atoms with Gasteiger partial charge >= 0.3 is 12.1 Å². The molecule has 8 nitrogen and oxygen atoms in total. The third-order valence-electron chi connectivity index (χ3n) is 7.27. The Bertz CT molecular complexity index is 1290. The van der Waals surface area contributed by atoms with Gasteiger partial charge in [0.2, 0.25) is 5.95 Å². The minimum Gasteiger partial charge on any atom is -0.481 e. The average molecular weight is 497 g/mol. The number of rotatable bonds is 4. The number of nitrogens with zero attached hydrogens (tertiary/aromatic N) is 3. The summed E-state index contributed by atoms with van der Waals surface area (Å²) in [4.78, 5) is 31.1. The molecule has 5 rings (SSSR count). The minimum absolute atomic E-state index is 0.00573. The number of hydrogen-bond donors (Lipinski definition) is 2. The molecule has 35 heavy (non-hydrogen) atoms. The number of aromatic nitrogens is 2. The number of carbonyl (C=O) groups is 2. The lowest BCUT2D eigenvalue weighted by Crippen LogP contribution is -2.42. The molecule has 2 aromatic carbocycles. The zero-order valence-electron chi connectivity index (χ0n) is 19.8. The van der Waals surface area contributed by atoms with Gasteiger partial charge in [-0.15, -0.1) is 0 Å². The lowest BCUT2D eigenvalue weighted by molar-refractivity contribution is -0.143. The van der Waals surface area contributed by atoms with Crippen LogP contribution < -0.4 is 10.2 Å². The van der Waals surface area contributed by atoms with Crippen LogP contribution in [0.1, 0.15) is 50.6 Å². The Balaban J connectivity index is 1.66. The maximum atomic E-state index is 12.6. The predicted octanol–water partition coefficient (Wildman–Crippen LogP) is 6.16. The zero-order valence-corrected chi connectivity index (χ0v) is 20.6. The molecule has 2 aliphatic rings. The van der Waals surface area contributed by atoms with Crippen LogP contribution in [0, 0.1) is 5.92 Å². The lowest BCUT2D eigenvalue weighted by Gasteiger charge is -2.34. The monoisotopic (exact) mass is 496 g/mol. The van der Waals surface area contributed by atoms with Gasteiger partial charge in [0.05, 0.1) is 29.7 Å². The number of fused-ring (bicyclic) bond motifs is 3. The molecule has 0 saturated heterocycles. The molecule has 0 unspecified atom stereocenters. The largest absolute Gasteiger partial charge is 0.481 e. The summed E-state index contributed by atoms with van der Waals surface area (Å²) in [6.07, 6.45) is 4.17. The number of imidazole rings is 1. The molecule has 184 valence electrons. The van der Waals surface area contributed by atoms with Gasteiger partial charge in [-0.3, -0.25) is 9.69 Å². The normalized spacial score (nSPS) is 22.0. The van der Waals surface area contributed by atoms with Gasteiger partial charge in [-0.1, -0.05) is 24.1 Å². The van der Waals surface area contributed by atoms with Crippen molar-refractivity contribution in [2.45, 2.75) is 57.5 Å². The molecule has 1 amide bonds. The Hall–Kier alpha value is -3.26. The molecule has 0 radical (unpaired) electrons. The smallest absolute Gasteiger partial charge is 0.414 e. The number of carbonyl (C=O) groups excluding carboxylic acids is 1. The van der Waals surface area contributed by atoms with Crippen molar-refractivity contribution in [2.24, 2.45) is 5.92 Å². The number of anilines is 3. The van der Waals surface area contributed by atoms with Crippen molar-refractivity contribution in [3.8, 4) is 0 Å². The summed E-state index contributed by atoms with van der Waals surface area (Å²) in [5, 5.41) is 13.7. The second-order valence-electron chi connectivity index (χ2n) is 9.46. The highest BCUT2D eigenvalue weighted by Crippen LogP contribution is 2.42. The fraction of sp³-hybridized carbons (Fsp3) is 0.423. The molecule has 3 aromatic rings. The number of amides is 1. The molecular weight excluding hydrogens is 468 g/mol. The van der Waals surface area contributed by atoms with Gasteiger partial charge in [-0.25, -0.2) is 9.78 Å². The Kier molecular flexibility index (Phi) is 6.32. The van der Waals surface area contributed by atoms with E-state index in [1.54, 1.807) is 4.90 Å². The first kappa shape index (κ1) is 23.5. The zero-order chi connectivity index (χ0) is 24.7. The van der Waals surface area contributed by atoms with Crippen LogP contribution in [0.25, 0.3) is 11.0 Å². The van der Waals surface area contributed by atoms with Gasteiger partial charge < -0.3 is 19.7 Å². The highest BCUT2D eigenvalue weighted by atomic mass is 35.5. The van der Waals surface area contributed by atoms with E-state index in [1.165, 1.54) is 7.11 Å². The second kappa shape index (κ2) is 9.41. The fourth-order valence-corrected chi connectivity index (χ4v) is 5.74. The van der Waals surface area contributed by atoms with Crippen LogP contribution in [0.4, 0.5) is 22.1 Å². The van der Waals surface area contributed by atoms with Crippen molar-refractivity contribution in [3.05, 3.63) is 47.0 Å². The van der Waals surface area contributed by atoms with Crippen LogP contribution >= 0.6 is 11.6 Å². The van der Waals surface area contributed by atoms with Gasteiger partial charge in [-0.05, 0) is 69.4 Å². The Labute approximate surface area is 208 Å². The maximum absolute atomic E-state index is 12.6. The van der Waals surface area contributed by atoms with Crippen molar-refractivity contribution < 1.29 is 19.4 Å². The molecule has 3 atom stereocenters. The number of halogens is 1. The number of aryl methyl sites for hydroxylation is 1. The van der Waals surface area contributed by atoms with Crippen molar-refractivity contribution in [1.29, 1.82) is 0 Å². The highest BCUT2D eigenvalue weighted by Gasteiger charge is 2.34. The van der Waals surface area contributed by atoms with Crippen LogP contribution in [0.3, 0.4) is 0 Å². The first-order valence-electron chi connectivity index (χ1n) is 12.0. The Morgan fingerprint density at radius 2 is 2.03 bits per heavy atom. The van der Waals surface area contributed by atoms with Crippen LogP contribution in [0.15, 0.2) is 36.4 Å². The topological polar surface area (TPSA) is 96.7 Å². The summed E-state index contributed by atoms with van der Waals surface area (Å²) in [6.45, 7) is 2.02. The molecule has 1 saturated carbocycles. The summed E-state index contributed by atoms with van der Waals surface area (Å²) in [6, 6.07) is 11.4. The Morgan fingerprint density at radius 1 is 1.20 bits per heavy atom. The minimum atomic E-state index is -0.747. The maximum Gasteiger partial charge on any atom is 0.414 e. The molecule has 2 heterocycles. The van der Waals surface area contributed by atoms with E-state index >= 15 is 0 Å². The van der Waals surface area contributed by atoms with Crippen LogP contribution in [0.2, 0.25) is 5.02 Å². The molecular formula is C26H29ClN4O4. The van der Waals surface area contributed by atoms with E-state index in [0.717, 1.165) is 53.7 Å². The molecule has 1 aromatic heterocycles. The second-order valence-corrected chi connectivity index (χ2v) is 9.89. The number of carboxylic acid groups (broad SMARTS) is 1. The fourth-order valence-electron chi connectivity index (χ4n) is 5.55. The van der Waals surface area contributed by atoms with E-state index in [4.69, 9.17) is 21.3 Å². The van der Waals surface area contributed by atoms with E-state index in [1.807, 2.05) is 43.3 Å².